The SMILES string of the molecule is Cc1ccc(N)c2nc(-c3cccnc3)nn12. The first-order valence-electron chi connectivity index (χ1n) is 5.28. The molecule has 0 spiro atoms. The molecule has 0 unspecified atom stereocenters. The second-order valence-corrected chi connectivity index (χ2v) is 3.84. The van der Waals surface area contributed by atoms with Crippen molar-refractivity contribution in [2.45, 2.75) is 6.92 Å². The average molecular weight is 225 g/mol. The number of anilines is 1. The van der Waals surface area contributed by atoms with Crippen LogP contribution in [0, 0.1) is 6.92 Å². The maximum atomic E-state index is 5.88. The zero-order chi connectivity index (χ0) is 11.8. The second kappa shape index (κ2) is 3.55. The maximum Gasteiger partial charge on any atom is 0.183 e. The molecule has 0 fully saturated rings. The Bertz CT molecular complexity index is 633. The Kier molecular flexibility index (Phi) is 2.04. The second-order valence-electron chi connectivity index (χ2n) is 3.84. The fraction of sp³-hybridized carbons (Fsp3) is 0.0833. The van der Waals surface area contributed by atoms with Crippen molar-refractivity contribution < 1.29 is 0 Å². The molecule has 5 nitrogen and oxygen atoms in total. The molecule has 0 bridgehead atoms. The first-order chi connectivity index (χ1) is 8.25. The summed E-state index contributed by atoms with van der Waals surface area (Å²) in [5.41, 5.74) is 9.07. The summed E-state index contributed by atoms with van der Waals surface area (Å²) >= 11 is 0. The molecule has 84 valence electrons. The van der Waals surface area contributed by atoms with Crippen molar-refractivity contribution in [2.24, 2.45) is 0 Å². The summed E-state index contributed by atoms with van der Waals surface area (Å²) in [5, 5.41) is 4.43. The Balaban J connectivity index is 2.27. The van der Waals surface area contributed by atoms with Gasteiger partial charge in [0.15, 0.2) is 11.5 Å². The summed E-state index contributed by atoms with van der Waals surface area (Å²) in [6.45, 7) is 1.97. The van der Waals surface area contributed by atoms with Gasteiger partial charge >= 0.3 is 0 Å². The molecule has 3 heterocycles. The highest BCUT2D eigenvalue weighted by Gasteiger charge is 2.09. The quantitative estimate of drug-likeness (QED) is 0.684. The van der Waals surface area contributed by atoms with E-state index in [-0.39, 0.29) is 0 Å². The monoisotopic (exact) mass is 225 g/mol. The fourth-order valence-corrected chi connectivity index (χ4v) is 1.72. The van der Waals surface area contributed by atoms with Crippen LogP contribution < -0.4 is 5.73 Å². The normalized spacial score (nSPS) is 10.9. The Labute approximate surface area is 97.9 Å². The van der Waals surface area contributed by atoms with Gasteiger partial charge in [-0.15, -0.1) is 5.10 Å². The van der Waals surface area contributed by atoms with E-state index in [0.717, 1.165) is 11.3 Å². The van der Waals surface area contributed by atoms with E-state index < -0.39 is 0 Å². The number of nitrogens with zero attached hydrogens (tertiary/aromatic N) is 4. The number of hydrogen-bond donors (Lipinski definition) is 1. The summed E-state index contributed by atoms with van der Waals surface area (Å²) in [4.78, 5) is 8.49. The Hall–Kier alpha value is -2.43. The van der Waals surface area contributed by atoms with Crippen molar-refractivity contribution >= 4 is 11.3 Å². The summed E-state index contributed by atoms with van der Waals surface area (Å²) < 4.78 is 1.75. The van der Waals surface area contributed by atoms with Crippen LogP contribution in [-0.2, 0) is 0 Å². The largest absolute Gasteiger partial charge is 0.396 e. The third kappa shape index (κ3) is 1.52. The van der Waals surface area contributed by atoms with Crippen LogP contribution in [0.4, 0.5) is 5.69 Å². The number of pyridine rings is 2. The smallest absolute Gasteiger partial charge is 0.183 e. The van der Waals surface area contributed by atoms with Gasteiger partial charge in [0.05, 0.1) is 5.69 Å². The van der Waals surface area contributed by atoms with Gasteiger partial charge in [-0.1, -0.05) is 0 Å². The van der Waals surface area contributed by atoms with Crippen LogP contribution in [0.25, 0.3) is 17.0 Å². The number of hydrogen-bond acceptors (Lipinski definition) is 4. The molecule has 0 aliphatic carbocycles. The molecule has 0 atom stereocenters. The van der Waals surface area contributed by atoms with Crippen LogP contribution in [-0.4, -0.2) is 19.6 Å². The topological polar surface area (TPSA) is 69.1 Å². The van der Waals surface area contributed by atoms with Crippen molar-refractivity contribution in [3.63, 3.8) is 0 Å². The highest BCUT2D eigenvalue weighted by atomic mass is 15.3. The van der Waals surface area contributed by atoms with Crippen LogP contribution in [0.5, 0.6) is 0 Å². The average Bonchev–Trinajstić information content (AvgIpc) is 2.81. The molecule has 0 aromatic carbocycles. The predicted octanol–water partition coefficient (Wildman–Crippen LogP) is 1.68. The van der Waals surface area contributed by atoms with Crippen LogP contribution >= 0.6 is 0 Å². The van der Waals surface area contributed by atoms with Crippen molar-refractivity contribution in [3.05, 3.63) is 42.4 Å². The van der Waals surface area contributed by atoms with E-state index in [1.165, 1.54) is 0 Å². The molecule has 3 rings (SSSR count). The fourth-order valence-electron chi connectivity index (χ4n) is 1.72. The van der Waals surface area contributed by atoms with Gasteiger partial charge in [0, 0.05) is 23.7 Å². The zero-order valence-corrected chi connectivity index (χ0v) is 9.33. The lowest BCUT2D eigenvalue weighted by atomic mass is 10.3. The van der Waals surface area contributed by atoms with Crippen molar-refractivity contribution in [3.8, 4) is 11.4 Å². The Morgan fingerprint density at radius 3 is 2.82 bits per heavy atom. The summed E-state index contributed by atoms with van der Waals surface area (Å²) in [5.74, 6) is 0.638. The number of nitrogens with two attached hydrogens (primary N) is 1. The molecule has 0 aliphatic heterocycles. The van der Waals surface area contributed by atoms with Crippen molar-refractivity contribution in [2.75, 3.05) is 5.73 Å². The molecule has 5 heteroatoms. The molecule has 0 aliphatic rings. The van der Waals surface area contributed by atoms with E-state index in [4.69, 9.17) is 5.73 Å². The number of aryl methyl sites for hydroxylation is 1. The molecule has 0 saturated heterocycles. The lowest BCUT2D eigenvalue weighted by molar-refractivity contribution is 0.919. The first kappa shape index (κ1) is 9.77. The van der Waals surface area contributed by atoms with E-state index in [2.05, 4.69) is 15.1 Å². The highest BCUT2D eigenvalue weighted by Crippen LogP contribution is 2.19. The van der Waals surface area contributed by atoms with E-state index in [1.54, 1.807) is 16.9 Å². The lowest BCUT2D eigenvalue weighted by Gasteiger charge is -1.98. The van der Waals surface area contributed by atoms with E-state index in [0.29, 0.717) is 17.2 Å². The molecule has 2 N–H and O–H groups in total. The van der Waals surface area contributed by atoms with Crippen LogP contribution in [0.3, 0.4) is 0 Å². The number of aromatic nitrogens is 4. The number of rotatable bonds is 1. The maximum absolute atomic E-state index is 5.88. The molecule has 3 aromatic heterocycles. The minimum atomic E-state index is 0.623. The lowest BCUT2D eigenvalue weighted by Crippen LogP contribution is -1.97. The molecule has 0 amide bonds. The van der Waals surface area contributed by atoms with E-state index in [1.807, 2.05) is 31.2 Å². The summed E-state index contributed by atoms with van der Waals surface area (Å²) in [6, 6.07) is 7.54. The molecule has 0 saturated carbocycles. The number of fused-ring (bicyclic) bond motifs is 1. The Morgan fingerprint density at radius 2 is 2.12 bits per heavy atom. The predicted molar refractivity (Wildman–Crippen MR) is 65.4 cm³/mol. The first-order valence-corrected chi connectivity index (χ1v) is 5.28. The third-order valence-corrected chi connectivity index (χ3v) is 2.62. The standard InChI is InChI=1S/C12H11N5/c1-8-4-5-10(13)12-15-11(16-17(8)12)9-3-2-6-14-7-9/h2-7H,13H2,1H3. The molecular formula is C12H11N5. The zero-order valence-electron chi connectivity index (χ0n) is 9.33. The Morgan fingerprint density at radius 1 is 1.24 bits per heavy atom. The summed E-state index contributed by atoms with van der Waals surface area (Å²) in [6.07, 6.45) is 3.46. The third-order valence-electron chi connectivity index (χ3n) is 2.62. The van der Waals surface area contributed by atoms with Crippen molar-refractivity contribution in [1.29, 1.82) is 0 Å². The molecule has 17 heavy (non-hydrogen) atoms. The highest BCUT2D eigenvalue weighted by molar-refractivity contribution is 5.68. The minimum Gasteiger partial charge on any atom is -0.396 e. The van der Waals surface area contributed by atoms with Gasteiger partial charge < -0.3 is 5.73 Å². The van der Waals surface area contributed by atoms with Crippen molar-refractivity contribution in [1.82, 2.24) is 19.6 Å². The van der Waals surface area contributed by atoms with Gasteiger partial charge in [-0.05, 0) is 31.2 Å². The van der Waals surface area contributed by atoms with Gasteiger partial charge in [0.1, 0.15) is 0 Å². The summed E-state index contributed by atoms with van der Waals surface area (Å²) in [7, 11) is 0. The molecular weight excluding hydrogens is 214 g/mol. The van der Waals surface area contributed by atoms with Crippen LogP contribution in [0.1, 0.15) is 5.69 Å². The van der Waals surface area contributed by atoms with Gasteiger partial charge in [0.25, 0.3) is 0 Å². The molecule has 0 radical (unpaired) electrons. The van der Waals surface area contributed by atoms with E-state index in [9.17, 15) is 0 Å². The van der Waals surface area contributed by atoms with Gasteiger partial charge in [-0.2, -0.15) is 0 Å². The van der Waals surface area contributed by atoms with E-state index >= 15 is 0 Å². The minimum absolute atomic E-state index is 0.623. The van der Waals surface area contributed by atoms with Crippen LogP contribution in [0.2, 0.25) is 0 Å². The van der Waals surface area contributed by atoms with Gasteiger partial charge in [0.2, 0.25) is 0 Å². The van der Waals surface area contributed by atoms with Gasteiger partial charge in [-0.3, -0.25) is 4.98 Å². The van der Waals surface area contributed by atoms with Gasteiger partial charge in [-0.25, -0.2) is 9.50 Å². The molecule has 3 aromatic rings. The van der Waals surface area contributed by atoms with Crippen LogP contribution in [0.15, 0.2) is 36.7 Å². The number of nitrogen functional groups attached to an aromatic ring is 1.